The van der Waals surface area contributed by atoms with Crippen LogP contribution in [0, 0.1) is 0 Å². The molecule has 1 unspecified atom stereocenters. The first-order valence-electron chi connectivity index (χ1n) is 8.83. The van der Waals surface area contributed by atoms with Gasteiger partial charge in [0.15, 0.2) is 0 Å². The van der Waals surface area contributed by atoms with Crippen molar-refractivity contribution in [3.8, 4) is 11.5 Å². The normalized spacial score (nSPS) is 14.8. The Bertz CT molecular complexity index is 950. The van der Waals surface area contributed by atoms with E-state index in [1.165, 1.54) is 13.8 Å². The van der Waals surface area contributed by atoms with Gasteiger partial charge in [-0.25, -0.2) is 9.59 Å². The van der Waals surface area contributed by atoms with Crippen LogP contribution in [0.25, 0.3) is 0 Å². The van der Waals surface area contributed by atoms with Gasteiger partial charge in [-0.05, 0) is 37.6 Å². The van der Waals surface area contributed by atoms with Gasteiger partial charge in [-0.2, -0.15) is 43.9 Å². The fourth-order valence-corrected chi connectivity index (χ4v) is 2.18. The second-order valence-electron chi connectivity index (χ2n) is 6.13. The van der Waals surface area contributed by atoms with E-state index in [1.807, 2.05) is 0 Å². The fourth-order valence-electron chi connectivity index (χ4n) is 2.04. The fraction of sp³-hybridized carbons (Fsp3) is 0.529. The summed E-state index contributed by atoms with van der Waals surface area (Å²) in [6.45, 7) is 1.71. The summed E-state index contributed by atoms with van der Waals surface area (Å²) in [4.78, 5) is 23.8. The van der Waals surface area contributed by atoms with Crippen LogP contribution in [0.15, 0.2) is 12.1 Å². The Kier molecular flexibility index (Phi) is 8.77. The van der Waals surface area contributed by atoms with Crippen molar-refractivity contribution in [1.29, 1.82) is 0 Å². The number of carbonyl (C=O) groups is 2. The number of esters is 2. The maximum absolute atomic E-state index is 14.3. The van der Waals surface area contributed by atoms with Crippen LogP contribution in [-0.2, 0) is 14.2 Å². The second kappa shape index (κ2) is 10.1. The van der Waals surface area contributed by atoms with E-state index in [0.717, 1.165) is 0 Å². The number of carbonyl (C=O) groups excluding carboxylic acids is 2. The van der Waals surface area contributed by atoms with E-state index in [2.05, 4.69) is 30.5 Å². The summed E-state index contributed by atoms with van der Waals surface area (Å²) < 4.78 is 147. The van der Waals surface area contributed by atoms with Crippen LogP contribution in [0.5, 0.6) is 11.5 Å². The van der Waals surface area contributed by atoms with Crippen molar-refractivity contribution >= 4 is 23.5 Å². The van der Waals surface area contributed by atoms with Gasteiger partial charge in [-0.3, -0.25) is 4.74 Å². The van der Waals surface area contributed by atoms with Gasteiger partial charge < -0.3 is 19.3 Å². The van der Waals surface area contributed by atoms with E-state index in [0.29, 0.717) is 0 Å². The molecule has 0 amide bonds. The van der Waals surface area contributed by atoms with Crippen molar-refractivity contribution < 1.29 is 77.5 Å². The van der Waals surface area contributed by atoms with E-state index in [-0.39, 0.29) is 18.7 Å². The van der Waals surface area contributed by atoms with Crippen LogP contribution >= 0.6 is 11.6 Å². The number of hydrogen-bond donors (Lipinski definition) is 1. The average molecular weight is 555 g/mol. The number of phenols is 1. The van der Waals surface area contributed by atoms with E-state index in [1.54, 1.807) is 0 Å². The van der Waals surface area contributed by atoms with E-state index < -0.39 is 70.8 Å². The van der Waals surface area contributed by atoms with Gasteiger partial charge in [-0.15, -0.1) is 0 Å². The molecular formula is C17H13ClF10O7. The first kappa shape index (κ1) is 30.3. The largest absolute Gasteiger partial charge is 0.507 e. The quantitative estimate of drug-likeness (QED) is 0.236. The zero-order chi connectivity index (χ0) is 27.6. The number of hydrogen-bond acceptors (Lipinski definition) is 7. The Balaban J connectivity index is 3.52. The van der Waals surface area contributed by atoms with E-state index in [4.69, 9.17) is 0 Å². The maximum atomic E-state index is 14.3. The number of benzene rings is 1. The lowest BCUT2D eigenvalue weighted by atomic mass is 10.1. The second-order valence-corrected chi connectivity index (χ2v) is 6.62. The molecule has 7 nitrogen and oxygen atoms in total. The van der Waals surface area contributed by atoms with Crippen LogP contribution in [0.3, 0.4) is 0 Å². The molecule has 0 radical (unpaired) electrons. The summed E-state index contributed by atoms with van der Waals surface area (Å²) in [5.74, 6) is -13.0. The van der Waals surface area contributed by atoms with Gasteiger partial charge in [0.05, 0.1) is 13.2 Å². The molecule has 0 saturated heterocycles. The molecule has 0 spiro atoms. The Morgan fingerprint density at radius 2 is 1.29 bits per heavy atom. The van der Waals surface area contributed by atoms with Crippen LogP contribution < -0.4 is 4.74 Å². The molecule has 0 aliphatic heterocycles. The smallest absolute Gasteiger partial charge is 0.476 e. The molecule has 18 heteroatoms. The number of aromatic hydroxyl groups is 1. The van der Waals surface area contributed by atoms with Gasteiger partial charge in [0, 0.05) is 0 Å². The molecule has 0 fully saturated rings. The molecule has 0 aromatic heterocycles. The summed E-state index contributed by atoms with van der Waals surface area (Å²) in [6.07, 6.45) is -20.1. The molecule has 1 rings (SSSR count). The first-order chi connectivity index (χ1) is 15.6. The zero-order valence-electron chi connectivity index (χ0n) is 17.1. The predicted molar refractivity (Wildman–Crippen MR) is 92.3 cm³/mol. The summed E-state index contributed by atoms with van der Waals surface area (Å²) in [6, 6.07) is 0.361. The van der Waals surface area contributed by atoms with Gasteiger partial charge in [0.25, 0.3) is 0 Å². The molecular weight excluding hydrogens is 542 g/mol. The third-order valence-corrected chi connectivity index (χ3v) is 3.94. The monoisotopic (exact) mass is 554 g/mol. The predicted octanol–water partition coefficient (Wildman–Crippen LogP) is 5.39. The molecule has 200 valence electrons. The number of halogens is 11. The molecule has 0 aliphatic rings. The molecule has 0 saturated carbocycles. The molecule has 1 aromatic carbocycles. The number of alkyl halides is 11. The molecule has 35 heavy (non-hydrogen) atoms. The number of rotatable bonds is 10. The summed E-state index contributed by atoms with van der Waals surface area (Å²) in [7, 11) is 0. The number of ether oxygens (including phenoxy) is 4. The summed E-state index contributed by atoms with van der Waals surface area (Å²) >= 11 is 4.39. The summed E-state index contributed by atoms with van der Waals surface area (Å²) in [5, 5.41) is 3.91. The third kappa shape index (κ3) is 6.31. The minimum absolute atomic E-state index is 0.100. The standard InChI is InChI=1S/C17H13ClF10O7/c1-3-32-11(30)7-6-10(8(5-9(7)29)12(31)33-4-2)34-17(27,28)14(18,21)35-16(25,26)13(19,20)15(22,23)24/h5-6,29H,3-4H2,1-2H3. The molecule has 0 heterocycles. The van der Waals surface area contributed by atoms with Crippen molar-refractivity contribution in [2.24, 2.45) is 0 Å². The van der Waals surface area contributed by atoms with Crippen molar-refractivity contribution in [1.82, 2.24) is 0 Å². The molecule has 1 N–H and O–H groups in total. The third-order valence-electron chi connectivity index (χ3n) is 3.64. The lowest BCUT2D eigenvalue weighted by Crippen LogP contribution is -2.59. The van der Waals surface area contributed by atoms with Gasteiger partial charge in [0.2, 0.25) is 0 Å². The van der Waals surface area contributed by atoms with Crippen molar-refractivity contribution in [3.05, 3.63) is 23.3 Å². The highest BCUT2D eigenvalue weighted by Gasteiger charge is 2.78. The minimum Gasteiger partial charge on any atom is -0.507 e. The van der Waals surface area contributed by atoms with Crippen LogP contribution in [0.2, 0.25) is 0 Å². The lowest BCUT2D eigenvalue weighted by molar-refractivity contribution is -0.469. The molecule has 0 bridgehead atoms. The van der Waals surface area contributed by atoms with E-state index >= 15 is 0 Å². The van der Waals surface area contributed by atoms with Gasteiger partial charge in [0.1, 0.15) is 22.6 Å². The highest BCUT2D eigenvalue weighted by molar-refractivity contribution is 6.22. The molecule has 1 atom stereocenters. The van der Waals surface area contributed by atoms with Crippen LogP contribution in [-0.4, -0.2) is 59.9 Å². The van der Waals surface area contributed by atoms with Crippen molar-refractivity contribution in [2.45, 2.75) is 43.5 Å². The zero-order valence-corrected chi connectivity index (χ0v) is 17.9. The van der Waals surface area contributed by atoms with E-state index in [9.17, 15) is 58.6 Å². The maximum Gasteiger partial charge on any atom is 0.476 e. The Morgan fingerprint density at radius 3 is 1.71 bits per heavy atom. The van der Waals surface area contributed by atoms with Crippen LogP contribution in [0.1, 0.15) is 34.6 Å². The van der Waals surface area contributed by atoms with Gasteiger partial charge in [-0.1, -0.05) is 0 Å². The SMILES string of the molecule is CCOC(=O)c1cc(OC(F)(F)C(F)(Cl)OC(F)(F)C(F)(F)C(F)(F)F)c(C(=O)OCC)cc1O. The van der Waals surface area contributed by atoms with Crippen molar-refractivity contribution in [2.75, 3.05) is 13.2 Å². The Hall–Kier alpha value is -2.69. The first-order valence-corrected chi connectivity index (χ1v) is 9.21. The molecule has 1 aromatic rings. The minimum atomic E-state index is -7.20. The molecule has 0 aliphatic carbocycles. The Morgan fingerprint density at radius 1 is 0.829 bits per heavy atom. The number of phenolic OH excluding ortho intramolecular Hbond substituents is 1. The lowest BCUT2D eigenvalue weighted by Gasteiger charge is -2.34. The van der Waals surface area contributed by atoms with Crippen LogP contribution in [0.4, 0.5) is 43.9 Å². The van der Waals surface area contributed by atoms with Gasteiger partial charge >= 0.3 is 41.6 Å². The topological polar surface area (TPSA) is 91.3 Å². The highest BCUT2D eigenvalue weighted by Crippen LogP contribution is 2.52. The van der Waals surface area contributed by atoms with Crippen molar-refractivity contribution in [3.63, 3.8) is 0 Å². The highest BCUT2D eigenvalue weighted by atomic mass is 35.5. The summed E-state index contributed by atoms with van der Waals surface area (Å²) in [5.41, 5.74) is -2.23. The Labute approximate surface area is 193 Å². The average Bonchev–Trinajstić information content (AvgIpc) is 2.67.